The van der Waals surface area contributed by atoms with Crippen LogP contribution in [-0.2, 0) is 0 Å². The monoisotopic (exact) mass is 334 g/mol. The van der Waals surface area contributed by atoms with Crippen LogP contribution < -0.4 is 0 Å². The molecule has 1 unspecified atom stereocenters. The minimum absolute atomic E-state index is 0.193. The van der Waals surface area contributed by atoms with E-state index in [2.05, 4.69) is 46.3 Å². The third-order valence-corrected chi connectivity index (χ3v) is 4.38. The van der Waals surface area contributed by atoms with Gasteiger partial charge in [-0.1, -0.05) is 40.9 Å². The fourth-order valence-corrected chi connectivity index (χ4v) is 2.49. The predicted molar refractivity (Wildman–Crippen MR) is 76.5 cm³/mol. The van der Waals surface area contributed by atoms with Crippen molar-refractivity contribution in [1.82, 2.24) is 9.88 Å². The molecule has 0 spiro atoms. The Hall–Kier alpha value is -0.230. The Kier molecular flexibility index (Phi) is 5.45. The molecule has 0 aromatic carbocycles. The van der Waals surface area contributed by atoms with Crippen LogP contribution in [0.4, 0.5) is 0 Å². The SMILES string of the molecule is CCN(CC)C(=S)C(I)c1ccccn1. The van der Waals surface area contributed by atoms with Crippen molar-refractivity contribution in [2.75, 3.05) is 13.1 Å². The highest BCUT2D eigenvalue weighted by molar-refractivity contribution is 14.1. The number of halogens is 1. The number of nitrogens with zero attached hydrogens (tertiary/aromatic N) is 2. The quantitative estimate of drug-likeness (QED) is 0.478. The summed E-state index contributed by atoms with van der Waals surface area (Å²) in [6.45, 7) is 6.17. The lowest BCUT2D eigenvalue weighted by molar-refractivity contribution is 0.467. The van der Waals surface area contributed by atoms with Gasteiger partial charge in [-0.15, -0.1) is 0 Å². The summed E-state index contributed by atoms with van der Waals surface area (Å²) in [6.07, 6.45) is 1.81. The summed E-state index contributed by atoms with van der Waals surface area (Å²) in [5, 5.41) is 0. The summed E-state index contributed by atoms with van der Waals surface area (Å²) in [5.41, 5.74) is 1.04. The third-order valence-electron chi connectivity index (χ3n) is 2.24. The van der Waals surface area contributed by atoms with Crippen molar-refractivity contribution < 1.29 is 0 Å². The molecule has 1 aromatic heterocycles. The number of hydrogen-bond acceptors (Lipinski definition) is 2. The van der Waals surface area contributed by atoms with Crippen LogP contribution in [0.15, 0.2) is 24.4 Å². The fourth-order valence-electron chi connectivity index (χ4n) is 1.35. The number of alkyl halides is 1. The van der Waals surface area contributed by atoms with Gasteiger partial charge >= 0.3 is 0 Å². The summed E-state index contributed by atoms with van der Waals surface area (Å²) in [6, 6.07) is 5.94. The molecule has 0 amide bonds. The molecule has 0 saturated carbocycles. The van der Waals surface area contributed by atoms with Crippen molar-refractivity contribution in [2.24, 2.45) is 0 Å². The summed E-state index contributed by atoms with van der Waals surface area (Å²) in [4.78, 5) is 7.50. The second kappa shape index (κ2) is 6.37. The Bertz CT molecular complexity index is 312. The number of aromatic nitrogens is 1. The van der Waals surface area contributed by atoms with Gasteiger partial charge in [0.1, 0.15) is 3.92 Å². The Morgan fingerprint density at radius 3 is 2.60 bits per heavy atom. The number of pyridine rings is 1. The highest BCUT2D eigenvalue weighted by Crippen LogP contribution is 2.24. The smallest absolute Gasteiger partial charge is 0.103 e. The molecule has 4 heteroatoms. The molecule has 1 heterocycles. The van der Waals surface area contributed by atoms with Crippen molar-refractivity contribution in [3.63, 3.8) is 0 Å². The molecular weight excluding hydrogens is 319 g/mol. The molecule has 0 aliphatic rings. The Morgan fingerprint density at radius 2 is 2.13 bits per heavy atom. The lowest BCUT2D eigenvalue weighted by Gasteiger charge is -2.24. The second-order valence-electron chi connectivity index (χ2n) is 3.13. The van der Waals surface area contributed by atoms with Crippen molar-refractivity contribution in [2.45, 2.75) is 17.8 Å². The first-order chi connectivity index (χ1) is 7.20. The van der Waals surface area contributed by atoms with E-state index in [9.17, 15) is 0 Å². The minimum Gasteiger partial charge on any atom is -0.366 e. The first-order valence-electron chi connectivity index (χ1n) is 5.04. The van der Waals surface area contributed by atoms with E-state index < -0.39 is 0 Å². The van der Waals surface area contributed by atoms with Gasteiger partial charge < -0.3 is 4.90 Å². The van der Waals surface area contributed by atoms with Gasteiger partial charge in [-0.25, -0.2) is 0 Å². The molecule has 0 saturated heterocycles. The van der Waals surface area contributed by atoms with Crippen LogP contribution in [0.2, 0.25) is 0 Å². The highest BCUT2D eigenvalue weighted by atomic mass is 127. The van der Waals surface area contributed by atoms with Crippen LogP contribution in [0.1, 0.15) is 23.5 Å². The lowest BCUT2D eigenvalue weighted by Crippen LogP contribution is -2.31. The van der Waals surface area contributed by atoms with E-state index in [-0.39, 0.29) is 3.92 Å². The van der Waals surface area contributed by atoms with Gasteiger partial charge in [-0.3, -0.25) is 4.98 Å². The Labute approximate surface area is 110 Å². The number of hydrogen-bond donors (Lipinski definition) is 0. The van der Waals surface area contributed by atoms with Crippen molar-refractivity contribution >= 4 is 39.8 Å². The zero-order chi connectivity index (χ0) is 11.3. The van der Waals surface area contributed by atoms with Crippen molar-refractivity contribution in [1.29, 1.82) is 0 Å². The highest BCUT2D eigenvalue weighted by Gasteiger charge is 2.17. The Balaban J connectivity index is 2.76. The van der Waals surface area contributed by atoms with Crippen LogP contribution >= 0.6 is 34.8 Å². The molecule has 2 nitrogen and oxygen atoms in total. The molecular formula is C11H15IN2S. The lowest BCUT2D eigenvalue weighted by atomic mass is 10.2. The predicted octanol–water partition coefficient (Wildman–Crippen LogP) is 3.23. The van der Waals surface area contributed by atoms with Crippen molar-refractivity contribution in [3.05, 3.63) is 30.1 Å². The average Bonchev–Trinajstić information content (AvgIpc) is 2.30. The summed E-state index contributed by atoms with van der Waals surface area (Å²) >= 11 is 7.81. The molecule has 0 fully saturated rings. The van der Waals surface area contributed by atoms with Crippen LogP contribution in [0, 0.1) is 0 Å². The normalized spacial score (nSPS) is 12.2. The van der Waals surface area contributed by atoms with Gasteiger partial charge in [0, 0.05) is 19.3 Å². The maximum Gasteiger partial charge on any atom is 0.103 e. The minimum atomic E-state index is 0.193. The van der Waals surface area contributed by atoms with Crippen molar-refractivity contribution in [3.8, 4) is 0 Å². The van der Waals surface area contributed by atoms with Gasteiger partial charge in [0.25, 0.3) is 0 Å². The molecule has 0 N–H and O–H groups in total. The van der Waals surface area contributed by atoms with Gasteiger partial charge in [0.15, 0.2) is 0 Å². The van der Waals surface area contributed by atoms with E-state index >= 15 is 0 Å². The van der Waals surface area contributed by atoms with Crippen LogP contribution in [0.3, 0.4) is 0 Å². The zero-order valence-corrected chi connectivity index (χ0v) is 12.0. The topological polar surface area (TPSA) is 16.1 Å². The largest absolute Gasteiger partial charge is 0.366 e. The van der Waals surface area contributed by atoms with Gasteiger partial charge in [-0.2, -0.15) is 0 Å². The summed E-state index contributed by atoms with van der Waals surface area (Å²) < 4.78 is 0.193. The van der Waals surface area contributed by atoms with Crippen LogP contribution in [-0.4, -0.2) is 28.0 Å². The van der Waals surface area contributed by atoms with Gasteiger partial charge in [0.2, 0.25) is 0 Å². The van der Waals surface area contributed by atoms with E-state index in [4.69, 9.17) is 12.2 Å². The number of likely N-dealkylation sites (N-methyl/N-ethyl adjacent to an activating group) is 1. The van der Waals surface area contributed by atoms with E-state index in [1.807, 2.05) is 24.4 Å². The molecule has 1 rings (SSSR count). The molecule has 82 valence electrons. The molecule has 0 radical (unpaired) electrons. The third kappa shape index (κ3) is 3.38. The zero-order valence-electron chi connectivity index (χ0n) is 8.98. The number of rotatable bonds is 4. The van der Waals surface area contributed by atoms with Crippen LogP contribution in [0.5, 0.6) is 0 Å². The van der Waals surface area contributed by atoms with E-state index in [1.165, 1.54) is 0 Å². The molecule has 0 bridgehead atoms. The first-order valence-corrected chi connectivity index (χ1v) is 6.69. The first kappa shape index (κ1) is 12.8. The average molecular weight is 334 g/mol. The van der Waals surface area contributed by atoms with E-state index in [0.29, 0.717) is 0 Å². The summed E-state index contributed by atoms with van der Waals surface area (Å²) in [7, 11) is 0. The second-order valence-corrected chi connectivity index (χ2v) is 4.79. The fraction of sp³-hybridized carbons (Fsp3) is 0.455. The Morgan fingerprint density at radius 1 is 1.47 bits per heavy atom. The molecule has 0 aliphatic heterocycles. The molecule has 1 aromatic rings. The maximum atomic E-state index is 5.46. The van der Waals surface area contributed by atoms with E-state index in [1.54, 1.807) is 0 Å². The maximum absolute atomic E-state index is 5.46. The standard InChI is InChI=1S/C11H15IN2S/c1-3-14(4-2)11(15)10(12)9-7-5-6-8-13-9/h5-8,10H,3-4H2,1-2H3. The van der Waals surface area contributed by atoms with E-state index in [0.717, 1.165) is 23.8 Å². The summed E-state index contributed by atoms with van der Waals surface area (Å²) in [5.74, 6) is 0. The number of thiocarbonyl (C=S) groups is 1. The molecule has 0 aliphatic carbocycles. The molecule has 1 atom stereocenters. The van der Waals surface area contributed by atoms with Crippen LogP contribution in [0.25, 0.3) is 0 Å². The van der Waals surface area contributed by atoms with Gasteiger partial charge in [-0.05, 0) is 26.0 Å². The van der Waals surface area contributed by atoms with Gasteiger partial charge in [0.05, 0.1) is 10.7 Å². The molecule has 15 heavy (non-hydrogen) atoms.